The summed E-state index contributed by atoms with van der Waals surface area (Å²) in [6, 6.07) is 3.88. The zero-order chi connectivity index (χ0) is 19.7. The molecule has 27 heavy (non-hydrogen) atoms. The zero-order valence-corrected chi connectivity index (χ0v) is 15.7. The van der Waals surface area contributed by atoms with Gasteiger partial charge in [-0.15, -0.1) is 0 Å². The van der Waals surface area contributed by atoms with Gasteiger partial charge in [-0.3, -0.25) is 14.6 Å². The number of nitrogens with zero attached hydrogens (tertiary/aromatic N) is 1. The number of benzene rings is 1. The Kier molecular flexibility index (Phi) is 5.51. The first kappa shape index (κ1) is 19.4. The maximum atomic E-state index is 13.3. The van der Waals surface area contributed by atoms with Crippen LogP contribution in [0.2, 0.25) is 5.02 Å². The Balaban J connectivity index is 1.84. The summed E-state index contributed by atoms with van der Waals surface area (Å²) in [6.07, 6.45) is 2.69. The van der Waals surface area contributed by atoms with Crippen molar-refractivity contribution in [1.82, 2.24) is 0 Å². The molecule has 0 radical (unpaired) electrons. The van der Waals surface area contributed by atoms with Crippen LogP contribution in [0.5, 0.6) is 0 Å². The van der Waals surface area contributed by atoms with Crippen LogP contribution in [0, 0.1) is 23.6 Å². The van der Waals surface area contributed by atoms with Gasteiger partial charge in [0.1, 0.15) is 23.0 Å². The molecule has 0 heterocycles. The van der Waals surface area contributed by atoms with Gasteiger partial charge in [0.25, 0.3) is 5.91 Å². The summed E-state index contributed by atoms with van der Waals surface area (Å²) in [5.74, 6) is -0.149. The summed E-state index contributed by atoms with van der Waals surface area (Å²) in [7, 11) is 1.48. The molecular formula is C19H22ClFN4O2. The molecule has 2 atom stereocenters. The van der Waals surface area contributed by atoms with Crippen LogP contribution in [0.25, 0.3) is 0 Å². The van der Waals surface area contributed by atoms with Crippen molar-refractivity contribution in [3.05, 3.63) is 40.3 Å². The van der Waals surface area contributed by atoms with Crippen molar-refractivity contribution in [2.24, 2.45) is 34.2 Å². The second-order valence-electron chi connectivity index (χ2n) is 7.16. The average Bonchev–Trinajstić information content (AvgIpc) is 3.15. The number of halogens is 2. The zero-order valence-electron chi connectivity index (χ0n) is 15.0. The van der Waals surface area contributed by atoms with E-state index in [0.29, 0.717) is 41.8 Å². The topological polar surface area (TPSA) is 111 Å². The molecule has 144 valence electrons. The number of hydrogen-bond acceptors (Lipinski definition) is 4. The Hall–Kier alpha value is -2.41. The molecule has 1 aromatic carbocycles. The van der Waals surface area contributed by atoms with E-state index in [9.17, 15) is 14.0 Å². The summed E-state index contributed by atoms with van der Waals surface area (Å²) in [5.41, 5.74) is 13.1. The number of hydrogen-bond donors (Lipinski definition) is 3. The number of anilines is 1. The number of carbonyl (C=O) groups is 2. The number of carbonyl (C=O) groups excluding carboxylic acids is 2. The molecule has 2 fully saturated rings. The summed E-state index contributed by atoms with van der Waals surface area (Å²) in [4.78, 5) is 28.3. The van der Waals surface area contributed by atoms with E-state index >= 15 is 0 Å². The van der Waals surface area contributed by atoms with Crippen LogP contribution in [0.3, 0.4) is 0 Å². The molecule has 1 aromatic rings. The van der Waals surface area contributed by atoms with Crippen LogP contribution in [-0.2, 0) is 9.59 Å². The van der Waals surface area contributed by atoms with Crippen LogP contribution in [0.15, 0.2) is 34.5 Å². The summed E-state index contributed by atoms with van der Waals surface area (Å²) >= 11 is 5.76. The molecule has 5 N–H and O–H groups in total. The molecule has 0 aliphatic heterocycles. The highest BCUT2D eigenvalue weighted by Crippen LogP contribution is 2.47. The van der Waals surface area contributed by atoms with Crippen molar-refractivity contribution >= 4 is 34.8 Å². The maximum absolute atomic E-state index is 13.3. The number of fused-ring (bicyclic) bond motifs is 1. The lowest BCUT2D eigenvalue weighted by Crippen LogP contribution is -2.31. The predicted octanol–water partition coefficient (Wildman–Crippen LogP) is 2.62. The van der Waals surface area contributed by atoms with Crippen LogP contribution in [-0.4, -0.2) is 24.6 Å². The fourth-order valence-corrected chi connectivity index (χ4v) is 4.29. The van der Waals surface area contributed by atoms with Crippen LogP contribution >= 0.6 is 11.6 Å². The highest BCUT2D eigenvalue weighted by molar-refractivity contribution is 6.31. The Morgan fingerprint density at radius 2 is 1.89 bits per heavy atom. The van der Waals surface area contributed by atoms with Crippen LogP contribution in [0.4, 0.5) is 10.1 Å². The Bertz CT molecular complexity index is 836. The molecule has 0 saturated heterocycles. The predicted molar refractivity (Wildman–Crippen MR) is 103 cm³/mol. The van der Waals surface area contributed by atoms with Gasteiger partial charge in [-0.2, -0.15) is 0 Å². The van der Waals surface area contributed by atoms with Gasteiger partial charge in [0, 0.05) is 31.3 Å². The summed E-state index contributed by atoms with van der Waals surface area (Å²) < 4.78 is 13.3. The molecule has 2 aliphatic rings. The van der Waals surface area contributed by atoms with Crippen molar-refractivity contribution in [2.75, 3.05) is 12.4 Å². The quantitative estimate of drug-likeness (QED) is 0.415. The molecule has 1 amide bonds. The third-order valence-corrected chi connectivity index (χ3v) is 5.74. The molecule has 8 heteroatoms. The number of allylic oxidation sites excluding steroid dienone is 1. The van der Waals surface area contributed by atoms with E-state index < -0.39 is 11.7 Å². The van der Waals surface area contributed by atoms with E-state index in [1.165, 1.54) is 19.2 Å². The standard InChI is InChI=1S/C19H22ClFN4O2/c1-24-18(23)16(19(27)25-12-2-3-15(21)14(20)8-12)17(22)11-4-9-6-13(26)7-10(9)5-11/h2-3,8-11H,4-7,22H2,1H3,(H2,23,24)(H,25,27). The molecule has 2 aliphatic carbocycles. The van der Waals surface area contributed by atoms with Crippen LogP contribution in [0.1, 0.15) is 25.7 Å². The van der Waals surface area contributed by atoms with Gasteiger partial charge in [-0.1, -0.05) is 11.6 Å². The van der Waals surface area contributed by atoms with E-state index in [2.05, 4.69) is 10.3 Å². The number of aliphatic imine (C=N–C) groups is 1. The average molecular weight is 393 g/mol. The smallest absolute Gasteiger partial charge is 0.261 e. The van der Waals surface area contributed by atoms with E-state index in [1.807, 2.05) is 0 Å². The third-order valence-electron chi connectivity index (χ3n) is 5.45. The third kappa shape index (κ3) is 3.98. The number of rotatable bonds is 4. The molecule has 2 unspecified atom stereocenters. The fourth-order valence-electron chi connectivity index (χ4n) is 4.11. The van der Waals surface area contributed by atoms with Crippen molar-refractivity contribution < 1.29 is 14.0 Å². The summed E-state index contributed by atoms with van der Waals surface area (Å²) in [6.45, 7) is 0. The van der Waals surface area contributed by atoms with Gasteiger partial charge in [0.05, 0.1) is 5.02 Å². The van der Waals surface area contributed by atoms with Crippen molar-refractivity contribution in [3.63, 3.8) is 0 Å². The first-order chi connectivity index (χ1) is 12.8. The lowest BCUT2D eigenvalue weighted by molar-refractivity contribution is -0.118. The Morgan fingerprint density at radius 3 is 2.44 bits per heavy atom. The van der Waals surface area contributed by atoms with Gasteiger partial charge < -0.3 is 16.8 Å². The van der Waals surface area contributed by atoms with Crippen molar-refractivity contribution in [1.29, 1.82) is 0 Å². The molecular weight excluding hydrogens is 371 g/mol. The molecule has 3 rings (SSSR count). The van der Waals surface area contributed by atoms with Crippen molar-refractivity contribution in [3.8, 4) is 0 Å². The molecule has 2 saturated carbocycles. The first-order valence-electron chi connectivity index (χ1n) is 8.80. The summed E-state index contributed by atoms with van der Waals surface area (Å²) in [5, 5.41) is 2.54. The number of amides is 1. The molecule has 6 nitrogen and oxygen atoms in total. The number of nitrogens with two attached hydrogens (primary N) is 2. The lowest BCUT2D eigenvalue weighted by Gasteiger charge is -2.17. The number of nitrogens with one attached hydrogen (secondary N) is 1. The van der Waals surface area contributed by atoms with Gasteiger partial charge in [0.15, 0.2) is 0 Å². The SMILES string of the molecule is CN=C(N)C(C(=O)Nc1ccc(F)c(Cl)c1)=C(N)C1CC2CC(=O)CC2C1. The number of amidine groups is 1. The molecule has 0 spiro atoms. The first-order valence-corrected chi connectivity index (χ1v) is 9.18. The normalized spacial score (nSPS) is 26.0. The van der Waals surface area contributed by atoms with E-state index in [0.717, 1.165) is 18.9 Å². The van der Waals surface area contributed by atoms with Crippen molar-refractivity contribution in [2.45, 2.75) is 25.7 Å². The van der Waals surface area contributed by atoms with Gasteiger partial charge in [0.2, 0.25) is 0 Å². The molecule has 0 bridgehead atoms. The second-order valence-corrected chi connectivity index (χ2v) is 7.56. The van der Waals surface area contributed by atoms with E-state index in [-0.39, 0.29) is 22.3 Å². The number of Topliss-reactive ketones (excluding diaryl/α,β-unsaturated/α-hetero) is 1. The highest BCUT2D eigenvalue weighted by atomic mass is 35.5. The minimum absolute atomic E-state index is 0.0223. The van der Waals surface area contributed by atoms with E-state index in [1.54, 1.807) is 0 Å². The highest BCUT2D eigenvalue weighted by Gasteiger charge is 2.42. The van der Waals surface area contributed by atoms with Gasteiger partial charge >= 0.3 is 0 Å². The minimum Gasteiger partial charge on any atom is -0.401 e. The van der Waals surface area contributed by atoms with E-state index in [4.69, 9.17) is 23.1 Å². The van der Waals surface area contributed by atoms with Gasteiger partial charge in [-0.05, 0) is 48.8 Å². The lowest BCUT2D eigenvalue weighted by atomic mass is 9.95. The second kappa shape index (κ2) is 7.68. The van der Waals surface area contributed by atoms with Crippen LogP contribution < -0.4 is 16.8 Å². The Labute approximate surface area is 161 Å². The maximum Gasteiger partial charge on any atom is 0.261 e. The largest absolute Gasteiger partial charge is 0.401 e. The Morgan fingerprint density at radius 1 is 1.26 bits per heavy atom. The monoisotopic (exact) mass is 392 g/mol. The fraction of sp³-hybridized carbons (Fsp3) is 0.421. The molecule has 0 aromatic heterocycles. The number of ketones is 1. The van der Waals surface area contributed by atoms with Gasteiger partial charge in [-0.25, -0.2) is 4.39 Å². The minimum atomic E-state index is -0.577.